The Balaban J connectivity index is 2.01. The van der Waals surface area contributed by atoms with E-state index in [4.69, 9.17) is 4.74 Å². The molecule has 0 saturated carbocycles. The van der Waals surface area contributed by atoms with Crippen LogP contribution in [-0.4, -0.2) is 18.0 Å². The molecule has 0 N–H and O–H groups in total. The van der Waals surface area contributed by atoms with Crippen molar-refractivity contribution in [2.45, 2.75) is 26.3 Å². The lowest BCUT2D eigenvalue weighted by Gasteiger charge is -2.08. The van der Waals surface area contributed by atoms with E-state index in [9.17, 15) is 0 Å². The lowest BCUT2D eigenvalue weighted by Crippen LogP contribution is -2.17. The highest BCUT2D eigenvalue weighted by atomic mass is 16.5. The van der Waals surface area contributed by atoms with Crippen LogP contribution in [-0.2, 0) is 4.74 Å². The molecule has 20 heavy (non-hydrogen) atoms. The van der Waals surface area contributed by atoms with Gasteiger partial charge in [0.1, 0.15) is 6.61 Å². The predicted molar refractivity (Wildman–Crippen MR) is 83.2 cm³/mol. The Hall–Kier alpha value is -2.09. The largest absolute Gasteiger partial charge is 0.475 e. The molecule has 0 unspecified atom stereocenters. The van der Waals surface area contributed by atoms with Crippen molar-refractivity contribution < 1.29 is 4.74 Å². The van der Waals surface area contributed by atoms with Gasteiger partial charge in [-0.3, -0.25) is 0 Å². The van der Waals surface area contributed by atoms with E-state index in [1.165, 1.54) is 16.7 Å². The van der Waals surface area contributed by atoms with Gasteiger partial charge in [-0.25, -0.2) is 4.99 Å². The molecule has 0 radical (unpaired) electrons. The minimum atomic E-state index is -0.117. The molecule has 1 heterocycles. The maximum Gasteiger partial charge on any atom is 0.216 e. The van der Waals surface area contributed by atoms with Gasteiger partial charge in [0.05, 0.1) is 5.54 Å². The molecule has 1 aliphatic heterocycles. The number of nitrogens with zero attached hydrogens (tertiary/aromatic N) is 1. The van der Waals surface area contributed by atoms with Gasteiger partial charge in [-0.2, -0.15) is 0 Å². The van der Waals surface area contributed by atoms with Crippen molar-refractivity contribution in [1.29, 1.82) is 0 Å². The molecular weight excluding hydrogens is 246 g/mol. The summed E-state index contributed by atoms with van der Waals surface area (Å²) in [6.07, 6.45) is 0. The summed E-state index contributed by atoms with van der Waals surface area (Å²) in [7, 11) is 0. The van der Waals surface area contributed by atoms with E-state index in [2.05, 4.69) is 74.3 Å². The number of rotatable bonds is 2. The number of aliphatic imine (C=N–C) groups is 1. The van der Waals surface area contributed by atoms with Crippen molar-refractivity contribution in [2.24, 2.45) is 4.99 Å². The van der Waals surface area contributed by atoms with Crippen molar-refractivity contribution in [1.82, 2.24) is 0 Å². The Morgan fingerprint density at radius 2 is 1.75 bits per heavy atom. The molecule has 0 saturated heterocycles. The van der Waals surface area contributed by atoms with Gasteiger partial charge in [-0.15, -0.1) is 0 Å². The van der Waals surface area contributed by atoms with Crippen molar-refractivity contribution >= 4 is 5.90 Å². The van der Waals surface area contributed by atoms with Gasteiger partial charge < -0.3 is 4.74 Å². The summed E-state index contributed by atoms with van der Waals surface area (Å²) < 4.78 is 5.73. The average Bonchev–Trinajstić information content (AvgIpc) is 2.80. The van der Waals surface area contributed by atoms with Crippen LogP contribution in [0.5, 0.6) is 0 Å². The van der Waals surface area contributed by atoms with E-state index in [0.717, 1.165) is 11.5 Å². The molecule has 0 fully saturated rings. The molecule has 0 spiro atoms. The topological polar surface area (TPSA) is 21.6 Å². The van der Waals surface area contributed by atoms with E-state index < -0.39 is 0 Å². The van der Waals surface area contributed by atoms with E-state index in [0.29, 0.717) is 6.61 Å². The molecule has 0 aromatic heterocycles. The SMILES string of the molecule is Cc1ccccc1-c1cccc(C2=NC(C)(C)CO2)c1. The summed E-state index contributed by atoms with van der Waals surface area (Å²) >= 11 is 0. The summed E-state index contributed by atoms with van der Waals surface area (Å²) in [5, 5.41) is 0. The third kappa shape index (κ3) is 2.46. The summed E-state index contributed by atoms with van der Waals surface area (Å²) in [4.78, 5) is 4.64. The fourth-order valence-electron chi connectivity index (χ4n) is 2.45. The standard InChI is InChI=1S/C18H19NO/c1-13-7-4-5-10-16(13)14-8-6-9-15(11-14)17-19-18(2,3)12-20-17/h4-11H,12H2,1-3H3. The van der Waals surface area contributed by atoms with E-state index in [-0.39, 0.29) is 5.54 Å². The van der Waals surface area contributed by atoms with Gasteiger partial charge in [-0.05, 0) is 49.6 Å². The highest BCUT2D eigenvalue weighted by Crippen LogP contribution is 2.26. The van der Waals surface area contributed by atoms with Crippen LogP contribution in [0.15, 0.2) is 53.5 Å². The molecule has 2 heteroatoms. The first-order valence-corrected chi connectivity index (χ1v) is 6.94. The predicted octanol–water partition coefficient (Wildman–Crippen LogP) is 4.22. The first-order valence-electron chi connectivity index (χ1n) is 6.94. The number of ether oxygens (including phenoxy) is 1. The van der Waals surface area contributed by atoms with Crippen LogP contribution in [0.1, 0.15) is 25.0 Å². The Morgan fingerprint density at radius 3 is 2.45 bits per heavy atom. The number of benzene rings is 2. The third-order valence-electron chi connectivity index (χ3n) is 3.53. The van der Waals surface area contributed by atoms with E-state index in [1.807, 2.05) is 0 Å². The smallest absolute Gasteiger partial charge is 0.216 e. The molecule has 2 aromatic carbocycles. The van der Waals surface area contributed by atoms with Crippen LogP contribution in [0.3, 0.4) is 0 Å². The van der Waals surface area contributed by atoms with Crippen LogP contribution in [0.4, 0.5) is 0 Å². The quantitative estimate of drug-likeness (QED) is 0.796. The summed E-state index contributed by atoms with van der Waals surface area (Å²) in [5.41, 5.74) is 4.67. The average molecular weight is 265 g/mol. The second-order valence-corrected chi connectivity index (χ2v) is 5.91. The van der Waals surface area contributed by atoms with Crippen molar-refractivity contribution in [2.75, 3.05) is 6.61 Å². The van der Waals surface area contributed by atoms with Gasteiger partial charge in [0.2, 0.25) is 5.90 Å². The normalized spacial score (nSPS) is 16.6. The molecule has 0 amide bonds. The summed E-state index contributed by atoms with van der Waals surface area (Å²) in [6.45, 7) is 6.96. The van der Waals surface area contributed by atoms with Crippen LogP contribution >= 0.6 is 0 Å². The van der Waals surface area contributed by atoms with Gasteiger partial charge in [-0.1, -0.05) is 36.4 Å². The summed E-state index contributed by atoms with van der Waals surface area (Å²) in [6, 6.07) is 16.8. The molecule has 0 bridgehead atoms. The highest BCUT2D eigenvalue weighted by Gasteiger charge is 2.27. The first-order chi connectivity index (χ1) is 9.55. The fraction of sp³-hybridized carbons (Fsp3) is 0.278. The maximum absolute atomic E-state index is 5.73. The number of hydrogen-bond donors (Lipinski definition) is 0. The second kappa shape index (κ2) is 4.78. The zero-order valence-corrected chi connectivity index (χ0v) is 12.2. The summed E-state index contributed by atoms with van der Waals surface area (Å²) in [5.74, 6) is 0.755. The fourth-order valence-corrected chi connectivity index (χ4v) is 2.45. The van der Waals surface area contributed by atoms with Gasteiger partial charge in [0.15, 0.2) is 0 Å². The lowest BCUT2D eigenvalue weighted by atomic mass is 9.99. The molecule has 0 atom stereocenters. The molecule has 2 nitrogen and oxygen atoms in total. The van der Waals surface area contributed by atoms with Crippen molar-refractivity contribution in [3.63, 3.8) is 0 Å². The second-order valence-electron chi connectivity index (χ2n) is 5.91. The number of aryl methyl sites for hydroxylation is 1. The van der Waals surface area contributed by atoms with Crippen LogP contribution < -0.4 is 0 Å². The van der Waals surface area contributed by atoms with E-state index in [1.54, 1.807) is 0 Å². The minimum absolute atomic E-state index is 0.117. The monoisotopic (exact) mass is 265 g/mol. The minimum Gasteiger partial charge on any atom is -0.475 e. The zero-order valence-electron chi connectivity index (χ0n) is 12.2. The molecule has 2 aromatic rings. The maximum atomic E-state index is 5.73. The Bertz CT molecular complexity index is 671. The van der Waals surface area contributed by atoms with Gasteiger partial charge in [0, 0.05) is 5.56 Å². The first kappa shape index (κ1) is 12.9. The Kier molecular flexibility index (Phi) is 3.09. The molecule has 102 valence electrons. The van der Waals surface area contributed by atoms with Crippen molar-refractivity contribution in [3.05, 3.63) is 59.7 Å². The highest BCUT2D eigenvalue weighted by molar-refractivity contribution is 5.96. The zero-order chi connectivity index (χ0) is 14.2. The Morgan fingerprint density at radius 1 is 1.00 bits per heavy atom. The van der Waals surface area contributed by atoms with Crippen LogP contribution in [0.25, 0.3) is 11.1 Å². The van der Waals surface area contributed by atoms with Crippen LogP contribution in [0, 0.1) is 6.92 Å². The van der Waals surface area contributed by atoms with E-state index >= 15 is 0 Å². The van der Waals surface area contributed by atoms with Gasteiger partial charge in [0.25, 0.3) is 0 Å². The molecule has 0 aliphatic carbocycles. The van der Waals surface area contributed by atoms with Gasteiger partial charge >= 0.3 is 0 Å². The molecule has 3 rings (SSSR count). The number of hydrogen-bond acceptors (Lipinski definition) is 2. The molecular formula is C18H19NO. The Labute approximate surface area is 120 Å². The molecule has 1 aliphatic rings. The lowest BCUT2D eigenvalue weighted by molar-refractivity contribution is 0.279. The third-order valence-corrected chi connectivity index (χ3v) is 3.53. The van der Waals surface area contributed by atoms with Crippen LogP contribution in [0.2, 0.25) is 0 Å². The van der Waals surface area contributed by atoms with Crippen molar-refractivity contribution in [3.8, 4) is 11.1 Å².